The second kappa shape index (κ2) is 7.79. The molecule has 0 radical (unpaired) electrons. The van der Waals surface area contributed by atoms with Crippen molar-refractivity contribution in [2.24, 2.45) is 0 Å². The molecule has 1 aromatic carbocycles. The Labute approximate surface area is 175 Å². The van der Waals surface area contributed by atoms with Gasteiger partial charge >= 0.3 is 0 Å². The number of imide groups is 1. The highest BCUT2D eigenvalue weighted by Crippen LogP contribution is 2.40. The summed E-state index contributed by atoms with van der Waals surface area (Å²) >= 11 is 1.54. The SMILES string of the molecule is O=C1C(c2cccs2)=C(N2CCCc3ccccc32)C(=O)N1C1CCCCCC1. The van der Waals surface area contributed by atoms with Gasteiger partial charge in [0.1, 0.15) is 5.70 Å². The number of hydrogen-bond donors (Lipinski definition) is 0. The molecule has 2 aliphatic heterocycles. The van der Waals surface area contributed by atoms with Crippen LogP contribution in [0.25, 0.3) is 5.57 Å². The summed E-state index contributed by atoms with van der Waals surface area (Å²) in [4.78, 5) is 32.0. The fourth-order valence-corrected chi connectivity index (χ4v) is 5.80. The van der Waals surface area contributed by atoms with Crippen LogP contribution in [0.15, 0.2) is 47.5 Å². The van der Waals surface area contributed by atoms with Gasteiger partial charge in [-0.05, 0) is 48.8 Å². The number of fused-ring (bicyclic) bond motifs is 1. The molecule has 4 nitrogen and oxygen atoms in total. The van der Waals surface area contributed by atoms with Gasteiger partial charge in [0.15, 0.2) is 0 Å². The molecule has 0 spiro atoms. The quantitative estimate of drug-likeness (QED) is 0.532. The van der Waals surface area contributed by atoms with Crippen LogP contribution in [0.5, 0.6) is 0 Å². The van der Waals surface area contributed by atoms with Crippen molar-refractivity contribution in [3.05, 3.63) is 57.9 Å². The number of benzene rings is 1. The highest BCUT2D eigenvalue weighted by molar-refractivity contribution is 7.11. The second-order valence-electron chi connectivity index (χ2n) is 8.21. The Morgan fingerprint density at radius 2 is 1.66 bits per heavy atom. The summed E-state index contributed by atoms with van der Waals surface area (Å²) in [5.41, 5.74) is 3.52. The molecule has 2 amide bonds. The number of nitrogens with zero attached hydrogens (tertiary/aromatic N) is 2. The van der Waals surface area contributed by atoms with E-state index in [1.54, 1.807) is 16.2 Å². The molecular weight excluding hydrogens is 380 g/mol. The predicted molar refractivity (Wildman–Crippen MR) is 117 cm³/mol. The smallest absolute Gasteiger partial charge is 0.278 e. The lowest BCUT2D eigenvalue weighted by Gasteiger charge is -2.32. The molecule has 0 N–H and O–H groups in total. The summed E-state index contributed by atoms with van der Waals surface area (Å²) in [7, 11) is 0. The Morgan fingerprint density at radius 3 is 2.41 bits per heavy atom. The number of carbonyl (C=O) groups excluding carboxylic acids is 2. The van der Waals surface area contributed by atoms with E-state index in [2.05, 4.69) is 23.1 Å². The molecule has 3 heterocycles. The van der Waals surface area contributed by atoms with Gasteiger partial charge in [-0.3, -0.25) is 14.5 Å². The number of hydrogen-bond acceptors (Lipinski definition) is 4. The van der Waals surface area contributed by atoms with E-state index in [0.29, 0.717) is 11.3 Å². The summed E-state index contributed by atoms with van der Waals surface area (Å²) in [6.07, 6.45) is 8.45. The van der Waals surface area contributed by atoms with Crippen molar-refractivity contribution < 1.29 is 9.59 Å². The maximum atomic E-state index is 13.8. The van der Waals surface area contributed by atoms with E-state index in [1.807, 2.05) is 23.6 Å². The molecule has 3 aliphatic rings. The van der Waals surface area contributed by atoms with E-state index in [4.69, 9.17) is 0 Å². The zero-order valence-electron chi connectivity index (χ0n) is 16.6. The number of thiophene rings is 1. The van der Waals surface area contributed by atoms with Crippen molar-refractivity contribution in [2.75, 3.05) is 11.4 Å². The molecule has 1 aromatic heterocycles. The van der Waals surface area contributed by atoms with Crippen LogP contribution in [0.1, 0.15) is 55.4 Å². The van der Waals surface area contributed by atoms with Crippen molar-refractivity contribution in [1.82, 2.24) is 4.90 Å². The Kier molecular flexibility index (Phi) is 5.00. The molecule has 0 bridgehead atoms. The van der Waals surface area contributed by atoms with Crippen LogP contribution in [0.4, 0.5) is 5.69 Å². The Morgan fingerprint density at radius 1 is 0.862 bits per heavy atom. The van der Waals surface area contributed by atoms with Gasteiger partial charge in [-0.15, -0.1) is 11.3 Å². The average Bonchev–Trinajstić information content (AvgIpc) is 3.25. The zero-order valence-corrected chi connectivity index (χ0v) is 17.4. The van der Waals surface area contributed by atoms with Crippen LogP contribution in [-0.2, 0) is 16.0 Å². The third kappa shape index (κ3) is 3.21. The lowest BCUT2D eigenvalue weighted by Crippen LogP contribution is -2.43. The number of para-hydroxylation sites is 1. The molecule has 0 atom stereocenters. The molecule has 1 fully saturated rings. The lowest BCUT2D eigenvalue weighted by atomic mass is 10.00. The summed E-state index contributed by atoms with van der Waals surface area (Å²) in [6, 6.07) is 12.3. The standard InChI is InChI=1S/C24H26N2O2S/c27-23-21(20-14-8-16-29-20)22(24(28)26(23)18-11-3-1-2-4-12-18)25-15-7-10-17-9-5-6-13-19(17)25/h5-6,8-9,13-14,16,18H,1-4,7,10-12,15H2. The number of rotatable bonds is 3. The van der Waals surface area contributed by atoms with E-state index in [9.17, 15) is 9.59 Å². The summed E-state index contributed by atoms with van der Waals surface area (Å²) in [5.74, 6) is -0.190. The van der Waals surface area contributed by atoms with Gasteiger partial charge < -0.3 is 4.90 Å². The minimum absolute atomic E-state index is 0.0324. The first-order chi connectivity index (χ1) is 14.3. The van der Waals surface area contributed by atoms with Gasteiger partial charge in [0, 0.05) is 23.2 Å². The van der Waals surface area contributed by atoms with E-state index < -0.39 is 0 Å². The number of anilines is 1. The fourth-order valence-electron chi connectivity index (χ4n) is 5.04. The van der Waals surface area contributed by atoms with Crippen molar-refractivity contribution >= 4 is 34.4 Å². The first kappa shape index (κ1) is 18.6. The summed E-state index contributed by atoms with van der Waals surface area (Å²) < 4.78 is 0. The lowest BCUT2D eigenvalue weighted by molar-refractivity contribution is -0.139. The van der Waals surface area contributed by atoms with Gasteiger partial charge in [0.05, 0.1) is 5.57 Å². The molecule has 0 saturated heterocycles. The molecule has 0 unspecified atom stereocenters. The first-order valence-electron chi connectivity index (χ1n) is 10.8. The molecule has 29 heavy (non-hydrogen) atoms. The van der Waals surface area contributed by atoms with Crippen molar-refractivity contribution in [3.8, 4) is 0 Å². The zero-order chi connectivity index (χ0) is 19.8. The van der Waals surface area contributed by atoms with Gasteiger partial charge in [-0.25, -0.2) is 0 Å². The maximum absolute atomic E-state index is 13.8. The maximum Gasteiger partial charge on any atom is 0.278 e. The highest BCUT2D eigenvalue weighted by atomic mass is 32.1. The molecule has 5 rings (SSSR count). The van der Waals surface area contributed by atoms with Gasteiger partial charge in [-0.2, -0.15) is 0 Å². The fraction of sp³-hybridized carbons (Fsp3) is 0.417. The Bertz CT molecular complexity index is 955. The van der Waals surface area contributed by atoms with Crippen molar-refractivity contribution in [2.45, 2.75) is 57.4 Å². The van der Waals surface area contributed by atoms with Crippen LogP contribution < -0.4 is 4.90 Å². The molecule has 1 aliphatic carbocycles. The Hall–Kier alpha value is -2.40. The van der Waals surface area contributed by atoms with Crippen LogP contribution in [-0.4, -0.2) is 29.3 Å². The van der Waals surface area contributed by atoms with Crippen LogP contribution in [0.3, 0.4) is 0 Å². The average molecular weight is 407 g/mol. The predicted octanol–water partition coefficient (Wildman–Crippen LogP) is 5.00. The Balaban J connectivity index is 1.61. The minimum atomic E-state index is -0.0954. The van der Waals surface area contributed by atoms with E-state index >= 15 is 0 Å². The minimum Gasteiger partial charge on any atom is -0.336 e. The third-order valence-electron chi connectivity index (χ3n) is 6.43. The number of carbonyl (C=O) groups is 2. The summed E-state index contributed by atoms with van der Waals surface area (Å²) in [6.45, 7) is 0.777. The summed E-state index contributed by atoms with van der Waals surface area (Å²) in [5, 5.41) is 1.98. The normalized spacial score (nSPS) is 21.0. The second-order valence-corrected chi connectivity index (χ2v) is 9.16. The molecule has 150 valence electrons. The molecule has 5 heteroatoms. The van der Waals surface area contributed by atoms with E-state index in [-0.39, 0.29) is 17.9 Å². The van der Waals surface area contributed by atoms with Gasteiger partial charge in [-0.1, -0.05) is 49.9 Å². The van der Waals surface area contributed by atoms with Gasteiger partial charge in [0.25, 0.3) is 11.8 Å². The topological polar surface area (TPSA) is 40.6 Å². The van der Waals surface area contributed by atoms with Crippen LogP contribution in [0.2, 0.25) is 0 Å². The molecular formula is C24H26N2O2S. The van der Waals surface area contributed by atoms with Crippen LogP contribution >= 0.6 is 11.3 Å². The van der Waals surface area contributed by atoms with Gasteiger partial charge in [0.2, 0.25) is 0 Å². The first-order valence-corrected chi connectivity index (χ1v) is 11.6. The third-order valence-corrected chi connectivity index (χ3v) is 7.32. The molecule has 2 aromatic rings. The number of amides is 2. The largest absolute Gasteiger partial charge is 0.336 e. The van der Waals surface area contributed by atoms with Crippen molar-refractivity contribution in [3.63, 3.8) is 0 Å². The monoisotopic (exact) mass is 406 g/mol. The van der Waals surface area contributed by atoms with E-state index in [1.165, 1.54) is 18.4 Å². The highest BCUT2D eigenvalue weighted by Gasteiger charge is 2.45. The number of aryl methyl sites for hydroxylation is 1. The van der Waals surface area contributed by atoms with E-state index in [0.717, 1.165) is 55.6 Å². The van der Waals surface area contributed by atoms with Crippen LogP contribution in [0, 0.1) is 0 Å². The molecule has 1 saturated carbocycles. The van der Waals surface area contributed by atoms with Crippen molar-refractivity contribution in [1.29, 1.82) is 0 Å².